The van der Waals surface area contributed by atoms with Crippen molar-refractivity contribution in [3.63, 3.8) is 0 Å². The zero-order chi connectivity index (χ0) is 21.9. The first-order valence-corrected chi connectivity index (χ1v) is 11.6. The van der Waals surface area contributed by atoms with Gasteiger partial charge in [0.1, 0.15) is 5.82 Å². The standard InChI is InChI=1S/C25H30N6O/c1-30-10-12-31(13-11-30)22-6-4-18(5-7-22)25(32)29-24-15-21-14-19(2-3-20(21)16-28-24)23-17-26-8-9-27-23/h2-3,8-9,14-18,22H,4-7,10-13H2,1H3,(H,28,29,32). The maximum absolute atomic E-state index is 12.9. The molecule has 1 amide bonds. The number of hydrogen-bond acceptors (Lipinski definition) is 6. The molecule has 1 aromatic carbocycles. The van der Waals surface area contributed by atoms with E-state index in [-0.39, 0.29) is 11.8 Å². The van der Waals surface area contributed by atoms with Gasteiger partial charge in [-0.15, -0.1) is 0 Å². The quantitative estimate of drug-likeness (QED) is 0.684. The Bertz CT molecular complexity index is 1070. The van der Waals surface area contributed by atoms with Gasteiger partial charge in [0.25, 0.3) is 0 Å². The molecule has 3 heterocycles. The topological polar surface area (TPSA) is 74.2 Å². The first-order chi connectivity index (χ1) is 15.7. The summed E-state index contributed by atoms with van der Waals surface area (Å²) in [5, 5.41) is 5.12. The summed E-state index contributed by atoms with van der Waals surface area (Å²) in [5.41, 5.74) is 1.82. The number of amides is 1. The van der Waals surface area contributed by atoms with E-state index in [0.717, 1.165) is 73.9 Å². The summed E-state index contributed by atoms with van der Waals surface area (Å²) in [7, 11) is 2.19. The van der Waals surface area contributed by atoms with E-state index in [4.69, 9.17) is 0 Å². The van der Waals surface area contributed by atoms with Gasteiger partial charge in [-0.25, -0.2) is 4.98 Å². The van der Waals surface area contributed by atoms with Crippen LogP contribution in [0.4, 0.5) is 5.82 Å². The third-order valence-corrected chi connectivity index (χ3v) is 6.95. The number of hydrogen-bond donors (Lipinski definition) is 1. The van der Waals surface area contributed by atoms with Crippen LogP contribution in [0.1, 0.15) is 25.7 Å². The molecule has 32 heavy (non-hydrogen) atoms. The monoisotopic (exact) mass is 430 g/mol. The fourth-order valence-electron chi connectivity index (χ4n) is 4.94. The van der Waals surface area contributed by atoms with Crippen molar-refractivity contribution in [1.82, 2.24) is 24.8 Å². The predicted molar refractivity (Wildman–Crippen MR) is 126 cm³/mol. The second-order valence-electron chi connectivity index (χ2n) is 9.06. The summed E-state index contributed by atoms with van der Waals surface area (Å²) >= 11 is 0. The van der Waals surface area contributed by atoms with Gasteiger partial charge in [0, 0.05) is 67.7 Å². The summed E-state index contributed by atoms with van der Waals surface area (Å²) in [6.07, 6.45) is 11.0. The zero-order valence-corrected chi connectivity index (χ0v) is 18.6. The Kier molecular flexibility index (Phi) is 6.10. The lowest BCUT2D eigenvalue weighted by Gasteiger charge is -2.40. The number of piperazine rings is 1. The van der Waals surface area contributed by atoms with Crippen molar-refractivity contribution >= 4 is 22.5 Å². The zero-order valence-electron chi connectivity index (χ0n) is 18.6. The maximum atomic E-state index is 12.9. The highest BCUT2D eigenvalue weighted by Gasteiger charge is 2.30. The Morgan fingerprint density at radius 3 is 2.50 bits per heavy atom. The van der Waals surface area contributed by atoms with Crippen molar-refractivity contribution < 1.29 is 4.79 Å². The third-order valence-electron chi connectivity index (χ3n) is 6.95. The molecule has 2 aliphatic rings. The van der Waals surface area contributed by atoms with E-state index in [1.165, 1.54) is 0 Å². The van der Waals surface area contributed by atoms with Crippen molar-refractivity contribution in [2.45, 2.75) is 31.7 Å². The molecule has 0 unspecified atom stereocenters. The van der Waals surface area contributed by atoms with Gasteiger partial charge >= 0.3 is 0 Å². The molecule has 0 atom stereocenters. The second kappa shape index (κ2) is 9.30. The number of likely N-dealkylation sites (N-methyl/N-ethyl adjacent to an activating group) is 1. The highest BCUT2D eigenvalue weighted by atomic mass is 16.1. The SMILES string of the molecule is CN1CCN(C2CCC(C(=O)Nc3cc4cc(-c5cnccn5)ccc4cn3)CC2)CC1. The highest BCUT2D eigenvalue weighted by molar-refractivity contribution is 5.95. The number of pyridine rings is 1. The molecule has 5 rings (SSSR count). The van der Waals surface area contributed by atoms with Crippen LogP contribution in [0.15, 0.2) is 49.1 Å². The molecule has 3 aromatic rings. The van der Waals surface area contributed by atoms with E-state index in [9.17, 15) is 4.79 Å². The molecule has 2 aromatic heterocycles. The molecule has 0 spiro atoms. The number of carbonyl (C=O) groups is 1. The summed E-state index contributed by atoms with van der Waals surface area (Å²) in [6.45, 7) is 4.59. The van der Waals surface area contributed by atoms with Crippen molar-refractivity contribution in [3.8, 4) is 11.3 Å². The Labute approximate surface area is 188 Å². The first kappa shape index (κ1) is 21.0. The van der Waals surface area contributed by atoms with E-state index >= 15 is 0 Å². The van der Waals surface area contributed by atoms with Gasteiger partial charge < -0.3 is 10.2 Å². The van der Waals surface area contributed by atoms with Crippen LogP contribution in [0.2, 0.25) is 0 Å². The lowest BCUT2D eigenvalue weighted by molar-refractivity contribution is -0.121. The van der Waals surface area contributed by atoms with Gasteiger partial charge in [0.2, 0.25) is 5.91 Å². The normalized spacial score (nSPS) is 22.7. The van der Waals surface area contributed by atoms with Crippen molar-refractivity contribution in [1.29, 1.82) is 0 Å². The molecule has 166 valence electrons. The Hall–Kier alpha value is -2.90. The minimum Gasteiger partial charge on any atom is -0.310 e. The van der Waals surface area contributed by atoms with Gasteiger partial charge in [0.15, 0.2) is 0 Å². The van der Waals surface area contributed by atoms with Crippen LogP contribution >= 0.6 is 0 Å². The van der Waals surface area contributed by atoms with Crippen molar-refractivity contribution in [2.24, 2.45) is 5.92 Å². The minimum atomic E-state index is 0.0714. The van der Waals surface area contributed by atoms with Gasteiger partial charge in [-0.05, 0) is 50.2 Å². The molecule has 7 nitrogen and oxygen atoms in total. The van der Waals surface area contributed by atoms with Gasteiger partial charge in [-0.1, -0.05) is 12.1 Å². The van der Waals surface area contributed by atoms with E-state index in [0.29, 0.717) is 11.9 Å². The van der Waals surface area contributed by atoms with Crippen LogP contribution in [0, 0.1) is 5.92 Å². The van der Waals surface area contributed by atoms with E-state index in [1.807, 2.05) is 24.4 Å². The van der Waals surface area contributed by atoms with Crippen LogP contribution in [0.5, 0.6) is 0 Å². The fraction of sp³-hybridized carbons (Fsp3) is 0.440. The van der Waals surface area contributed by atoms with Crippen LogP contribution in [0.3, 0.4) is 0 Å². The van der Waals surface area contributed by atoms with Crippen molar-refractivity contribution in [2.75, 3.05) is 38.5 Å². The van der Waals surface area contributed by atoms with E-state index < -0.39 is 0 Å². The maximum Gasteiger partial charge on any atom is 0.228 e. The van der Waals surface area contributed by atoms with Crippen LogP contribution in [0.25, 0.3) is 22.0 Å². The Morgan fingerprint density at radius 1 is 0.938 bits per heavy atom. The smallest absolute Gasteiger partial charge is 0.228 e. The molecule has 0 radical (unpaired) electrons. The number of anilines is 1. The Morgan fingerprint density at radius 2 is 1.75 bits per heavy atom. The number of fused-ring (bicyclic) bond motifs is 1. The number of nitrogens with zero attached hydrogens (tertiary/aromatic N) is 5. The van der Waals surface area contributed by atoms with Crippen LogP contribution < -0.4 is 5.32 Å². The summed E-state index contributed by atoms with van der Waals surface area (Å²) in [6, 6.07) is 8.69. The van der Waals surface area contributed by atoms with Gasteiger partial charge in [-0.3, -0.25) is 19.7 Å². The predicted octanol–water partition coefficient (Wildman–Crippen LogP) is 3.44. The first-order valence-electron chi connectivity index (χ1n) is 11.6. The lowest BCUT2D eigenvalue weighted by atomic mass is 9.84. The highest BCUT2D eigenvalue weighted by Crippen LogP contribution is 2.30. The molecule has 1 aliphatic carbocycles. The van der Waals surface area contributed by atoms with Crippen LogP contribution in [-0.4, -0.2) is 69.9 Å². The average molecular weight is 431 g/mol. The average Bonchev–Trinajstić information content (AvgIpc) is 2.85. The molecule has 1 aliphatic heterocycles. The Balaban J connectivity index is 1.22. The van der Waals surface area contributed by atoms with Crippen molar-refractivity contribution in [3.05, 3.63) is 49.1 Å². The molecule has 0 bridgehead atoms. The third kappa shape index (κ3) is 4.64. The minimum absolute atomic E-state index is 0.0714. The molecular weight excluding hydrogens is 400 g/mol. The number of aromatic nitrogens is 3. The molecule has 7 heteroatoms. The van der Waals surface area contributed by atoms with E-state index in [1.54, 1.807) is 18.6 Å². The molecule has 1 N–H and O–H groups in total. The summed E-state index contributed by atoms with van der Waals surface area (Å²) in [5.74, 6) is 0.779. The molecule has 1 saturated heterocycles. The number of carbonyl (C=O) groups excluding carboxylic acids is 1. The van der Waals surface area contributed by atoms with Crippen LogP contribution in [-0.2, 0) is 4.79 Å². The molecule has 2 fully saturated rings. The molecular formula is C25H30N6O. The second-order valence-corrected chi connectivity index (χ2v) is 9.06. The summed E-state index contributed by atoms with van der Waals surface area (Å²) in [4.78, 5) is 30.9. The largest absolute Gasteiger partial charge is 0.310 e. The van der Waals surface area contributed by atoms with E-state index in [2.05, 4.69) is 43.2 Å². The number of nitrogens with one attached hydrogen (secondary N) is 1. The molecule has 1 saturated carbocycles. The van der Waals surface area contributed by atoms with Gasteiger partial charge in [-0.2, -0.15) is 0 Å². The fourth-order valence-corrected chi connectivity index (χ4v) is 4.94. The van der Waals surface area contributed by atoms with Gasteiger partial charge in [0.05, 0.1) is 11.9 Å². The lowest BCUT2D eigenvalue weighted by Crippen LogP contribution is -2.50. The number of rotatable bonds is 4. The number of benzene rings is 1. The summed E-state index contributed by atoms with van der Waals surface area (Å²) < 4.78 is 0.